The van der Waals surface area contributed by atoms with Gasteiger partial charge in [-0.15, -0.1) is 0 Å². The molecule has 2 rings (SSSR count). The van der Waals surface area contributed by atoms with E-state index in [1.807, 2.05) is 38.1 Å². The van der Waals surface area contributed by atoms with Gasteiger partial charge < -0.3 is 19.7 Å². The Bertz CT molecular complexity index is 659. The van der Waals surface area contributed by atoms with Crippen LogP contribution in [0.5, 0.6) is 17.2 Å². The Kier molecular flexibility index (Phi) is 4.01. The molecule has 0 bridgehead atoms. The molecule has 0 aromatic heterocycles. The van der Waals surface area contributed by atoms with E-state index in [0.717, 1.165) is 10.8 Å². The Morgan fingerprint density at radius 3 is 1.90 bits per heavy atom. The van der Waals surface area contributed by atoms with Crippen LogP contribution in [0.1, 0.15) is 26.3 Å². The number of benzene rings is 2. The Morgan fingerprint density at radius 2 is 1.48 bits per heavy atom. The van der Waals surface area contributed by atoms with Gasteiger partial charge in [-0.3, -0.25) is 0 Å². The molecule has 0 heterocycles. The number of ether oxygens (including phenoxy) is 2. The first kappa shape index (κ1) is 15.4. The summed E-state index contributed by atoms with van der Waals surface area (Å²) in [5.41, 5.74) is -0.886. The molecule has 1 atom stereocenters. The number of phenols is 1. The normalized spacial score (nSPS) is 14.2. The Morgan fingerprint density at radius 1 is 1.00 bits per heavy atom. The highest BCUT2D eigenvalue weighted by Gasteiger charge is 2.36. The molecule has 0 amide bonds. The van der Waals surface area contributed by atoms with Crippen LogP contribution in [0.4, 0.5) is 0 Å². The Balaban J connectivity index is 2.97. The number of aliphatic hydroxyl groups is 1. The summed E-state index contributed by atoms with van der Waals surface area (Å²) in [4.78, 5) is 0. The lowest BCUT2D eigenvalue weighted by Gasteiger charge is -2.31. The topological polar surface area (TPSA) is 58.9 Å². The summed E-state index contributed by atoms with van der Waals surface area (Å²) in [6, 6.07) is 7.49. The highest BCUT2D eigenvalue weighted by atomic mass is 16.5. The van der Waals surface area contributed by atoms with Crippen molar-refractivity contribution in [3.8, 4) is 17.2 Å². The minimum atomic E-state index is -1.24. The van der Waals surface area contributed by atoms with Crippen LogP contribution in [0.3, 0.4) is 0 Å². The summed E-state index contributed by atoms with van der Waals surface area (Å²) in [5.74, 6) is 0.639. The third kappa shape index (κ3) is 2.29. The second kappa shape index (κ2) is 5.45. The van der Waals surface area contributed by atoms with E-state index in [9.17, 15) is 10.2 Å². The summed E-state index contributed by atoms with van der Waals surface area (Å²) in [6.07, 6.45) is 0. The molecule has 1 unspecified atom stereocenters. The van der Waals surface area contributed by atoms with Gasteiger partial charge >= 0.3 is 0 Å². The van der Waals surface area contributed by atoms with E-state index < -0.39 is 5.60 Å². The number of phenolic OH excluding ortho intramolecular Hbond substituents is 1. The highest BCUT2D eigenvalue weighted by Crippen LogP contribution is 2.50. The molecule has 21 heavy (non-hydrogen) atoms. The van der Waals surface area contributed by atoms with E-state index in [0.29, 0.717) is 17.1 Å². The van der Waals surface area contributed by atoms with Gasteiger partial charge in [-0.25, -0.2) is 0 Å². The van der Waals surface area contributed by atoms with Crippen molar-refractivity contribution < 1.29 is 19.7 Å². The molecular formula is C17H22O4. The van der Waals surface area contributed by atoms with E-state index in [-0.39, 0.29) is 11.7 Å². The molecule has 2 N–H and O–H groups in total. The van der Waals surface area contributed by atoms with Gasteiger partial charge in [-0.2, -0.15) is 0 Å². The molecular weight excluding hydrogens is 268 g/mol. The largest absolute Gasteiger partial charge is 0.504 e. The Labute approximate surface area is 124 Å². The van der Waals surface area contributed by atoms with Crippen molar-refractivity contribution in [3.63, 3.8) is 0 Å². The summed E-state index contributed by atoms with van der Waals surface area (Å²) < 4.78 is 10.9. The van der Waals surface area contributed by atoms with Crippen LogP contribution < -0.4 is 9.47 Å². The van der Waals surface area contributed by atoms with Gasteiger partial charge in [0, 0.05) is 10.8 Å². The maximum absolute atomic E-state index is 10.8. The number of aromatic hydroxyl groups is 1. The zero-order chi connectivity index (χ0) is 15.8. The molecule has 0 aliphatic rings. The van der Waals surface area contributed by atoms with E-state index in [1.54, 1.807) is 6.92 Å². The number of rotatable bonds is 4. The fourth-order valence-electron chi connectivity index (χ4n) is 2.54. The van der Waals surface area contributed by atoms with E-state index in [1.165, 1.54) is 14.2 Å². The lowest BCUT2D eigenvalue weighted by atomic mass is 9.82. The van der Waals surface area contributed by atoms with Gasteiger partial charge in [0.15, 0.2) is 11.5 Å². The van der Waals surface area contributed by atoms with Crippen molar-refractivity contribution in [3.05, 3.63) is 29.8 Å². The second-order valence-corrected chi connectivity index (χ2v) is 5.64. The van der Waals surface area contributed by atoms with Crippen LogP contribution in [0.15, 0.2) is 24.3 Å². The fourth-order valence-corrected chi connectivity index (χ4v) is 2.54. The van der Waals surface area contributed by atoms with Crippen LogP contribution >= 0.6 is 0 Å². The molecule has 0 aliphatic carbocycles. The van der Waals surface area contributed by atoms with Crippen molar-refractivity contribution in [2.45, 2.75) is 26.4 Å². The van der Waals surface area contributed by atoms with Crippen LogP contribution in [0.2, 0.25) is 0 Å². The molecule has 4 heteroatoms. The van der Waals surface area contributed by atoms with E-state index in [2.05, 4.69) is 0 Å². The monoisotopic (exact) mass is 290 g/mol. The zero-order valence-corrected chi connectivity index (χ0v) is 13.1. The maximum Gasteiger partial charge on any atom is 0.168 e. The van der Waals surface area contributed by atoms with Crippen molar-refractivity contribution in [1.29, 1.82) is 0 Å². The molecule has 0 saturated carbocycles. The van der Waals surface area contributed by atoms with E-state index >= 15 is 0 Å². The molecule has 0 radical (unpaired) electrons. The maximum atomic E-state index is 10.8. The molecule has 0 spiro atoms. The molecule has 4 nitrogen and oxygen atoms in total. The average Bonchev–Trinajstić information content (AvgIpc) is 2.45. The van der Waals surface area contributed by atoms with Gasteiger partial charge in [0.25, 0.3) is 0 Å². The third-order valence-electron chi connectivity index (χ3n) is 4.13. The van der Waals surface area contributed by atoms with Crippen LogP contribution in [0, 0.1) is 5.92 Å². The van der Waals surface area contributed by atoms with Crippen LogP contribution in [-0.4, -0.2) is 24.4 Å². The first-order valence-electron chi connectivity index (χ1n) is 6.94. The van der Waals surface area contributed by atoms with Crippen LogP contribution in [0.25, 0.3) is 10.8 Å². The van der Waals surface area contributed by atoms with Crippen molar-refractivity contribution in [2.24, 2.45) is 5.92 Å². The van der Waals surface area contributed by atoms with Gasteiger partial charge in [0.1, 0.15) is 5.75 Å². The van der Waals surface area contributed by atoms with Crippen molar-refractivity contribution in [1.82, 2.24) is 0 Å². The van der Waals surface area contributed by atoms with Crippen molar-refractivity contribution in [2.75, 3.05) is 14.2 Å². The molecule has 2 aromatic carbocycles. The molecule has 0 saturated heterocycles. The average molecular weight is 290 g/mol. The smallest absolute Gasteiger partial charge is 0.168 e. The number of methoxy groups -OCH3 is 2. The number of fused-ring (bicyclic) bond motifs is 1. The van der Waals surface area contributed by atoms with Gasteiger partial charge in [0.2, 0.25) is 0 Å². The third-order valence-corrected chi connectivity index (χ3v) is 4.13. The van der Waals surface area contributed by atoms with Gasteiger partial charge in [-0.05, 0) is 12.8 Å². The first-order chi connectivity index (χ1) is 9.86. The number of hydrogen-bond acceptors (Lipinski definition) is 4. The Hall–Kier alpha value is -1.94. The highest BCUT2D eigenvalue weighted by molar-refractivity contribution is 5.97. The lowest BCUT2D eigenvalue weighted by Crippen LogP contribution is -2.29. The molecule has 0 fully saturated rings. The van der Waals surface area contributed by atoms with Crippen molar-refractivity contribution >= 4 is 10.8 Å². The predicted molar refractivity (Wildman–Crippen MR) is 83.1 cm³/mol. The standard InChI is InChI=1S/C17H22O4/c1-10(2)17(3,19)13-14(18)16(21-5)12-9-7-6-8-11(12)15(13)20-4/h6-10,18-19H,1-5H3. The van der Waals surface area contributed by atoms with E-state index in [4.69, 9.17) is 9.47 Å². The van der Waals surface area contributed by atoms with Gasteiger partial charge in [0.05, 0.1) is 25.4 Å². The predicted octanol–water partition coefficient (Wildman–Crippen LogP) is 3.43. The summed E-state index contributed by atoms with van der Waals surface area (Å²) in [5, 5.41) is 23.0. The first-order valence-corrected chi connectivity index (χ1v) is 6.94. The molecule has 114 valence electrons. The SMILES string of the molecule is COc1c(O)c(C(C)(O)C(C)C)c(OC)c2ccccc12. The summed E-state index contributed by atoms with van der Waals surface area (Å²) in [6.45, 7) is 5.45. The van der Waals surface area contributed by atoms with Gasteiger partial charge in [-0.1, -0.05) is 38.1 Å². The quantitative estimate of drug-likeness (QED) is 0.905. The minimum Gasteiger partial charge on any atom is -0.504 e. The summed E-state index contributed by atoms with van der Waals surface area (Å²) in [7, 11) is 3.04. The zero-order valence-electron chi connectivity index (χ0n) is 13.1. The second-order valence-electron chi connectivity index (χ2n) is 5.64. The molecule has 0 aliphatic heterocycles. The number of hydrogen-bond donors (Lipinski definition) is 2. The van der Waals surface area contributed by atoms with Crippen LogP contribution in [-0.2, 0) is 5.60 Å². The fraction of sp³-hybridized carbons (Fsp3) is 0.412. The minimum absolute atomic E-state index is 0.0771. The summed E-state index contributed by atoms with van der Waals surface area (Å²) >= 11 is 0. The lowest BCUT2D eigenvalue weighted by molar-refractivity contribution is 0.00480. The molecule has 2 aromatic rings.